The van der Waals surface area contributed by atoms with Gasteiger partial charge in [-0.2, -0.15) is 0 Å². The Morgan fingerprint density at radius 1 is 1.28 bits per heavy atom. The van der Waals surface area contributed by atoms with Gasteiger partial charge in [-0.3, -0.25) is 5.32 Å². The zero-order valence-corrected chi connectivity index (χ0v) is 11.3. The van der Waals surface area contributed by atoms with E-state index in [9.17, 15) is 4.79 Å². The summed E-state index contributed by atoms with van der Waals surface area (Å²) in [5, 5.41) is 2.70. The molecule has 1 aromatic rings. The Morgan fingerprint density at radius 2 is 1.89 bits per heavy atom. The quantitative estimate of drug-likeness (QED) is 0.863. The summed E-state index contributed by atoms with van der Waals surface area (Å²) in [6, 6.07) is 7.72. The number of anilines is 1. The van der Waals surface area contributed by atoms with Gasteiger partial charge < -0.3 is 10.5 Å². The third-order valence-electron chi connectivity index (χ3n) is 2.27. The Morgan fingerprint density at radius 3 is 2.39 bits per heavy atom. The highest BCUT2D eigenvalue weighted by Gasteiger charge is 2.15. The molecule has 18 heavy (non-hydrogen) atoms. The molecule has 0 atom stereocenters. The minimum absolute atomic E-state index is 0.433. The monoisotopic (exact) mass is 250 g/mol. The van der Waals surface area contributed by atoms with Gasteiger partial charge in [0.05, 0.1) is 0 Å². The van der Waals surface area contributed by atoms with Crippen LogP contribution in [0.4, 0.5) is 10.5 Å². The van der Waals surface area contributed by atoms with Crippen molar-refractivity contribution in [3.63, 3.8) is 0 Å². The van der Waals surface area contributed by atoms with Crippen LogP contribution in [0.15, 0.2) is 24.3 Å². The van der Waals surface area contributed by atoms with Crippen molar-refractivity contribution in [3.8, 4) is 0 Å². The molecule has 0 aliphatic heterocycles. The molecular formula is C14H22N2O2. The number of carbonyl (C=O) groups is 1. The predicted molar refractivity (Wildman–Crippen MR) is 73.7 cm³/mol. The molecule has 4 heteroatoms. The molecule has 0 aliphatic rings. The number of nitrogens with two attached hydrogens (primary N) is 1. The van der Waals surface area contributed by atoms with Crippen LogP contribution < -0.4 is 11.1 Å². The van der Waals surface area contributed by atoms with E-state index in [1.807, 2.05) is 45.0 Å². The zero-order chi connectivity index (χ0) is 13.6. The minimum atomic E-state index is -0.481. The summed E-state index contributed by atoms with van der Waals surface area (Å²) in [7, 11) is 0. The first-order valence-electron chi connectivity index (χ1n) is 6.20. The lowest BCUT2D eigenvalue weighted by atomic mass is 10.1. The van der Waals surface area contributed by atoms with Gasteiger partial charge in [0.2, 0.25) is 0 Å². The van der Waals surface area contributed by atoms with Crippen LogP contribution in [0.2, 0.25) is 0 Å². The van der Waals surface area contributed by atoms with Gasteiger partial charge in [0.25, 0.3) is 0 Å². The molecule has 100 valence electrons. The highest BCUT2D eigenvalue weighted by atomic mass is 16.6. The molecule has 0 radical (unpaired) electrons. The maximum absolute atomic E-state index is 11.5. The van der Waals surface area contributed by atoms with Gasteiger partial charge in [0, 0.05) is 5.69 Å². The first-order valence-corrected chi connectivity index (χ1v) is 6.20. The van der Waals surface area contributed by atoms with Gasteiger partial charge in [-0.1, -0.05) is 12.1 Å². The Kier molecular flexibility index (Phi) is 5.16. The molecule has 4 nitrogen and oxygen atoms in total. The molecule has 0 fully saturated rings. The lowest BCUT2D eigenvalue weighted by molar-refractivity contribution is 0.0636. The van der Waals surface area contributed by atoms with E-state index in [1.165, 1.54) is 5.56 Å². The SMILES string of the molecule is CC(C)(C)OC(=O)Nc1ccc(CCCN)cc1. The van der Waals surface area contributed by atoms with E-state index >= 15 is 0 Å². The topological polar surface area (TPSA) is 64.3 Å². The van der Waals surface area contributed by atoms with Crippen LogP contribution >= 0.6 is 0 Å². The average molecular weight is 250 g/mol. The van der Waals surface area contributed by atoms with Crippen molar-refractivity contribution in [1.82, 2.24) is 0 Å². The molecule has 0 bridgehead atoms. The zero-order valence-electron chi connectivity index (χ0n) is 11.3. The summed E-state index contributed by atoms with van der Waals surface area (Å²) in [5.74, 6) is 0. The molecule has 0 aromatic heterocycles. The van der Waals surface area contributed by atoms with Gasteiger partial charge in [-0.25, -0.2) is 4.79 Å². The van der Waals surface area contributed by atoms with Crippen LogP contribution in [0.3, 0.4) is 0 Å². The molecule has 0 saturated heterocycles. The number of carbonyl (C=O) groups excluding carboxylic acids is 1. The minimum Gasteiger partial charge on any atom is -0.444 e. The van der Waals surface area contributed by atoms with Crippen molar-refractivity contribution in [2.24, 2.45) is 5.73 Å². The van der Waals surface area contributed by atoms with E-state index < -0.39 is 11.7 Å². The van der Waals surface area contributed by atoms with Crippen LogP contribution in [0, 0.1) is 0 Å². The summed E-state index contributed by atoms with van der Waals surface area (Å²) >= 11 is 0. The summed E-state index contributed by atoms with van der Waals surface area (Å²) in [5.41, 5.74) is 6.93. The highest BCUT2D eigenvalue weighted by molar-refractivity contribution is 5.84. The van der Waals surface area contributed by atoms with Crippen molar-refractivity contribution >= 4 is 11.8 Å². The lowest BCUT2D eigenvalue weighted by Crippen LogP contribution is -2.27. The van der Waals surface area contributed by atoms with Crippen molar-refractivity contribution in [3.05, 3.63) is 29.8 Å². The van der Waals surface area contributed by atoms with E-state index in [0.29, 0.717) is 6.54 Å². The van der Waals surface area contributed by atoms with Crippen LogP contribution in [0.5, 0.6) is 0 Å². The molecule has 0 spiro atoms. The van der Waals surface area contributed by atoms with Crippen molar-refractivity contribution in [2.45, 2.75) is 39.2 Å². The maximum atomic E-state index is 11.5. The number of benzene rings is 1. The molecule has 1 rings (SSSR count). The second-order valence-electron chi connectivity index (χ2n) is 5.22. The third kappa shape index (κ3) is 5.68. The summed E-state index contributed by atoms with van der Waals surface area (Å²) < 4.78 is 5.17. The largest absolute Gasteiger partial charge is 0.444 e. The van der Waals surface area contributed by atoms with Gasteiger partial charge in [0.15, 0.2) is 0 Å². The number of ether oxygens (including phenoxy) is 1. The second-order valence-corrected chi connectivity index (χ2v) is 5.22. The fourth-order valence-electron chi connectivity index (χ4n) is 1.48. The number of nitrogens with one attached hydrogen (secondary N) is 1. The van der Waals surface area contributed by atoms with Crippen LogP contribution in [0.25, 0.3) is 0 Å². The molecule has 0 aliphatic carbocycles. The fourth-order valence-corrected chi connectivity index (χ4v) is 1.48. The Balaban J connectivity index is 2.50. The summed E-state index contributed by atoms with van der Waals surface area (Å²) in [6.45, 7) is 6.20. The third-order valence-corrected chi connectivity index (χ3v) is 2.27. The molecular weight excluding hydrogens is 228 g/mol. The van der Waals surface area contributed by atoms with Crippen molar-refractivity contribution < 1.29 is 9.53 Å². The molecule has 3 N–H and O–H groups in total. The number of hydrogen-bond donors (Lipinski definition) is 2. The smallest absolute Gasteiger partial charge is 0.412 e. The van der Waals surface area contributed by atoms with Crippen LogP contribution in [-0.4, -0.2) is 18.2 Å². The first kappa shape index (κ1) is 14.5. The summed E-state index contributed by atoms with van der Waals surface area (Å²) in [4.78, 5) is 11.5. The lowest BCUT2D eigenvalue weighted by Gasteiger charge is -2.19. The van der Waals surface area contributed by atoms with E-state index in [4.69, 9.17) is 10.5 Å². The number of aryl methyl sites for hydroxylation is 1. The van der Waals surface area contributed by atoms with Gasteiger partial charge in [-0.15, -0.1) is 0 Å². The van der Waals surface area contributed by atoms with Crippen molar-refractivity contribution in [1.29, 1.82) is 0 Å². The van der Waals surface area contributed by atoms with E-state index in [2.05, 4.69) is 5.32 Å². The average Bonchev–Trinajstić information content (AvgIpc) is 2.25. The number of hydrogen-bond acceptors (Lipinski definition) is 3. The molecule has 1 amide bonds. The Bertz CT molecular complexity index is 380. The molecule has 0 heterocycles. The number of rotatable bonds is 4. The van der Waals surface area contributed by atoms with Gasteiger partial charge >= 0.3 is 6.09 Å². The normalized spacial score (nSPS) is 11.1. The van der Waals surface area contributed by atoms with Crippen LogP contribution in [0.1, 0.15) is 32.8 Å². The van der Waals surface area contributed by atoms with E-state index in [-0.39, 0.29) is 0 Å². The fraction of sp³-hybridized carbons (Fsp3) is 0.500. The highest BCUT2D eigenvalue weighted by Crippen LogP contribution is 2.13. The first-order chi connectivity index (χ1) is 8.40. The Hall–Kier alpha value is -1.55. The van der Waals surface area contributed by atoms with E-state index in [1.54, 1.807) is 0 Å². The van der Waals surface area contributed by atoms with Crippen LogP contribution in [-0.2, 0) is 11.2 Å². The van der Waals surface area contributed by atoms with Crippen molar-refractivity contribution in [2.75, 3.05) is 11.9 Å². The second kappa shape index (κ2) is 6.40. The van der Waals surface area contributed by atoms with E-state index in [0.717, 1.165) is 18.5 Å². The standard InChI is InChI=1S/C14H22N2O2/c1-14(2,3)18-13(17)16-12-8-6-11(7-9-12)5-4-10-15/h6-9H,4-5,10,15H2,1-3H3,(H,16,17). The molecule has 0 unspecified atom stereocenters. The number of amides is 1. The Labute approximate surface area is 109 Å². The predicted octanol–water partition coefficient (Wildman–Crippen LogP) is 2.92. The molecule has 0 saturated carbocycles. The molecule has 1 aromatic carbocycles. The van der Waals surface area contributed by atoms with Gasteiger partial charge in [0.1, 0.15) is 5.60 Å². The maximum Gasteiger partial charge on any atom is 0.412 e. The summed E-state index contributed by atoms with van der Waals surface area (Å²) in [6.07, 6.45) is 1.50. The van der Waals surface area contributed by atoms with Gasteiger partial charge in [-0.05, 0) is 57.9 Å².